The van der Waals surface area contributed by atoms with Crippen molar-refractivity contribution < 1.29 is 13.5 Å². The van der Waals surface area contributed by atoms with Gasteiger partial charge in [0.1, 0.15) is 0 Å². The number of nitrogens with zero attached hydrogens (tertiary/aromatic N) is 1. The summed E-state index contributed by atoms with van der Waals surface area (Å²) in [6.07, 6.45) is 4.17. The van der Waals surface area contributed by atoms with E-state index in [1.54, 1.807) is 24.3 Å². The molecule has 1 N–H and O–H groups in total. The highest BCUT2D eigenvalue weighted by Gasteiger charge is 2.30. The first-order chi connectivity index (χ1) is 10.3. The molecular weight excluding hydrogens is 322 g/mol. The number of hydrogen-bond acceptors (Lipinski definition) is 3. The second-order valence-corrected chi connectivity index (χ2v) is 7.89. The van der Waals surface area contributed by atoms with Crippen molar-refractivity contribution in [3.63, 3.8) is 0 Å². The Labute approximate surface area is 138 Å². The summed E-state index contributed by atoms with van der Waals surface area (Å²) in [4.78, 5) is 0.184. The molecule has 124 valence electrons. The van der Waals surface area contributed by atoms with Gasteiger partial charge in [0.2, 0.25) is 10.0 Å². The van der Waals surface area contributed by atoms with Gasteiger partial charge in [0.15, 0.2) is 0 Å². The molecule has 0 radical (unpaired) electrons. The van der Waals surface area contributed by atoms with Crippen molar-refractivity contribution in [3.8, 4) is 0 Å². The van der Waals surface area contributed by atoms with Gasteiger partial charge in [-0.25, -0.2) is 8.42 Å². The SMILES string of the molecule is CC=CCN([C@@H](CO)CC(C)C)S(=O)(=O)c1ccc(Cl)cc1. The molecule has 0 fully saturated rings. The molecule has 0 aliphatic carbocycles. The van der Waals surface area contributed by atoms with Gasteiger partial charge in [0.25, 0.3) is 0 Å². The highest BCUT2D eigenvalue weighted by molar-refractivity contribution is 7.89. The zero-order valence-corrected chi connectivity index (χ0v) is 14.8. The number of benzene rings is 1. The van der Waals surface area contributed by atoms with Crippen LogP contribution in [-0.2, 0) is 10.0 Å². The molecule has 1 rings (SSSR count). The lowest BCUT2D eigenvalue weighted by atomic mass is 10.0. The van der Waals surface area contributed by atoms with Crippen molar-refractivity contribution in [2.75, 3.05) is 13.2 Å². The van der Waals surface area contributed by atoms with E-state index in [4.69, 9.17) is 11.6 Å². The van der Waals surface area contributed by atoms with Crippen LogP contribution in [0, 0.1) is 5.92 Å². The highest BCUT2D eigenvalue weighted by Crippen LogP contribution is 2.23. The second kappa shape index (κ2) is 8.67. The van der Waals surface area contributed by atoms with Crippen LogP contribution < -0.4 is 0 Å². The van der Waals surface area contributed by atoms with Gasteiger partial charge < -0.3 is 5.11 Å². The number of sulfonamides is 1. The summed E-state index contributed by atoms with van der Waals surface area (Å²) in [7, 11) is -3.68. The lowest BCUT2D eigenvalue weighted by Gasteiger charge is -2.30. The molecule has 6 heteroatoms. The Morgan fingerprint density at radius 2 is 1.86 bits per heavy atom. The summed E-state index contributed by atoms with van der Waals surface area (Å²) in [6, 6.07) is 5.64. The minimum absolute atomic E-state index is 0.184. The number of halogens is 1. The number of allylic oxidation sites excluding steroid dienone is 1. The van der Waals surface area contributed by atoms with E-state index in [2.05, 4.69) is 0 Å². The number of hydrogen-bond donors (Lipinski definition) is 1. The maximum absolute atomic E-state index is 12.9. The molecule has 0 bridgehead atoms. The Kier molecular flexibility index (Phi) is 7.56. The molecule has 4 nitrogen and oxygen atoms in total. The number of rotatable bonds is 8. The van der Waals surface area contributed by atoms with Crippen LogP contribution in [0.25, 0.3) is 0 Å². The van der Waals surface area contributed by atoms with Crippen molar-refractivity contribution in [1.82, 2.24) is 4.31 Å². The average Bonchev–Trinajstić information content (AvgIpc) is 2.46. The summed E-state index contributed by atoms with van der Waals surface area (Å²) in [5, 5.41) is 10.1. The third kappa shape index (κ3) is 5.09. The van der Waals surface area contributed by atoms with Crippen LogP contribution in [0.3, 0.4) is 0 Å². The third-order valence-corrected chi connectivity index (χ3v) is 5.49. The van der Waals surface area contributed by atoms with Crippen LogP contribution >= 0.6 is 11.6 Å². The summed E-state index contributed by atoms with van der Waals surface area (Å²) < 4.78 is 27.1. The monoisotopic (exact) mass is 345 g/mol. The predicted molar refractivity (Wildman–Crippen MR) is 90.5 cm³/mol. The summed E-state index contributed by atoms with van der Waals surface area (Å²) >= 11 is 5.82. The lowest BCUT2D eigenvalue weighted by Crippen LogP contribution is -2.43. The number of aliphatic hydroxyl groups excluding tert-OH is 1. The van der Waals surface area contributed by atoms with Crippen molar-refractivity contribution >= 4 is 21.6 Å². The van der Waals surface area contributed by atoms with Crippen molar-refractivity contribution in [2.45, 2.75) is 38.1 Å². The molecule has 1 aromatic rings. The van der Waals surface area contributed by atoms with Crippen LogP contribution in [0.15, 0.2) is 41.3 Å². The zero-order chi connectivity index (χ0) is 16.8. The molecule has 0 saturated heterocycles. The molecule has 0 spiro atoms. The molecule has 1 aromatic carbocycles. The van der Waals surface area contributed by atoms with E-state index in [9.17, 15) is 13.5 Å². The summed E-state index contributed by atoms with van der Waals surface area (Å²) in [5.41, 5.74) is 0. The first kappa shape index (κ1) is 19.2. The molecule has 0 aliphatic rings. The fourth-order valence-electron chi connectivity index (χ4n) is 2.22. The Morgan fingerprint density at radius 3 is 2.32 bits per heavy atom. The maximum atomic E-state index is 12.9. The topological polar surface area (TPSA) is 57.6 Å². The van der Waals surface area contributed by atoms with E-state index in [-0.39, 0.29) is 24.0 Å². The van der Waals surface area contributed by atoms with Crippen LogP contribution in [0.4, 0.5) is 0 Å². The van der Waals surface area contributed by atoms with Gasteiger partial charge >= 0.3 is 0 Å². The molecule has 0 unspecified atom stereocenters. The van der Waals surface area contributed by atoms with E-state index >= 15 is 0 Å². The van der Waals surface area contributed by atoms with Crippen LogP contribution in [0.2, 0.25) is 5.02 Å². The molecule has 0 aromatic heterocycles. The average molecular weight is 346 g/mol. The molecular formula is C16H24ClNO3S. The molecule has 22 heavy (non-hydrogen) atoms. The van der Waals surface area contributed by atoms with E-state index in [1.165, 1.54) is 16.4 Å². The fraction of sp³-hybridized carbons (Fsp3) is 0.500. The molecule has 1 atom stereocenters. The summed E-state index contributed by atoms with van der Waals surface area (Å²) in [6.45, 7) is 5.88. The Balaban J connectivity index is 3.20. The Hall–Kier alpha value is -0.880. The smallest absolute Gasteiger partial charge is 0.243 e. The quantitative estimate of drug-likeness (QED) is 0.735. The molecule has 0 aliphatic heterocycles. The Bertz CT molecular complexity index is 582. The molecule has 0 heterocycles. The summed E-state index contributed by atoms with van der Waals surface area (Å²) in [5.74, 6) is 0.283. The van der Waals surface area contributed by atoms with Gasteiger partial charge in [-0.3, -0.25) is 0 Å². The van der Waals surface area contributed by atoms with Gasteiger partial charge in [-0.15, -0.1) is 0 Å². The largest absolute Gasteiger partial charge is 0.395 e. The molecule has 0 amide bonds. The van der Waals surface area contributed by atoms with Gasteiger partial charge in [0, 0.05) is 17.6 Å². The predicted octanol–water partition coefficient (Wildman–Crippen LogP) is 3.31. The minimum atomic E-state index is -3.68. The highest BCUT2D eigenvalue weighted by atomic mass is 35.5. The molecule has 0 saturated carbocycles. The van der Waals surface area contributed by atoms with E-state index < -0.39 is 16.1 Å². The third-order valence-electron chi connectivity index (χ3n) is 3.30. The number of aliphatic hydroxyl groups is 1. The second-order valence-electron chi connectivity index (χ2n) is 5.56. The van der Waals surface area contributed by atoms with Crippen molar-refractivity contribution in [2.24, 2.45) is 5.92 Å². The Morgan fingerprint density at radius 1 is 1.27 bits per heavy atom. The lowest BCUT2D eigenvalue weighted by molar-refractivity contribution is 0.175. The van der Waals surface area contributed by atoms with Crippen LogP contribution in [0.1, 0.15) is 27.2 Å². The van der Waals surface area contributed by atoms with Gasteiger partial charge in [-0.1, -0.05) is 37.6 Å². The first-order valence-corrected chi connectivity index (χ1v) is 9.14. The fourth-order valence-corrected chi connectivity index (χ4v) is 3.93. The van der Waals surface area contributed by atoms with Crippen molar-refractivity contribution in [1.29, 1.82) is 0 Å². The van der Waals surface area contributed by atoms with Gasteiger partial charge in [-0.2, -0.15) is 4.31 Å². The zero-order valence-electron chi connectivity index (χ0n) is 13.2. The normalized spacial score (nSPS) is 14.1. The standard InChI is InChI=1S/C16H24ClNO3S/c1-4-5-10-18(15(12-19)11-13(2)3)22(20,21)16-8-6-14(17)7-9-16/h4-9,13,15,19H,10-12H2,1-3H3/t15-/m1/s1. The van der Waals surface area contributed by atoms with E-state index in [0.717, 1.165) is 0 Å². The van der Waals surface area contributed by atoms with Gasteiger partial charge in [0.05, 0.1) is 11.5 Å². The van der Waals surface area contributed by atoms with Crippen LogP contribution in [0.5, 0.6) is 0 Å². The van der Waals surface area contributed by atoms with E-state index in [1.807, 2.05) is 20.8 Å². The van der Waals surface area contributed by atoms with Crippen molar-refractivity contribution in [3.05, 3.63) is 41.4 Å². The maximum Gasteiger partial charge on any atom is 0.243 e. The first-order valence-electron chi connectivity index (χ1n) is 7.32. The van der Waals surface area contributed by atoms with E-state index in [0.29, 0.717) is 11.4 Å². The van der Waals surface area contributed by atoms with Crippen LogP contribution in [-0.4, -0.2) is 37.0 Å². The minimum Gasteiger partial charge on any atom is -0.395 e. The van der Waals surface area contributed by atoms with Gasteiger partial charge in [-0.05, 0) is 43.5 Å².